The first kappa shape index (κ1) is 10.3. The second kappa shape index (κ2) is 5.04. The van der Waals surface area contributed by atoms with Gasteiger partial charge in [-0.3, -0.25) is 14.3 Å². The summed E-state index contributed by atoms with van der Waals surface area (Å²) in [7, 11) is 0.206. The molecule has 0 aromatic rings. The zero-order valence-electron chi connectivity index (χ0n) is 6.07. The van der Waals surface area contributed by atoms with Crippen LogP contribution in [0.25, 0.3) is 0 Å². The van der Waals surface area contributed by atoms with Crippen LogP contribution in [0.4, 0.5) is 0 Å². The van der Waals surface area contributed by atoms with E-state index in [0.717, 1.165) is 0 Å². The highest BCUT2D eigenvalue weighted by atomic mass is 31.1. The molecule has 0 amide bonds. The zero-order chi connectivity index (χ0) is 8.85. The fraction of sp³-hybridized carbons (Fsp3) is 0.600. The van der Waals surface area contributed by atoms with E-state index in [4.69, 9.17) is 10.2 Å². The molecule has 0 aromatic carbocycles. The Morgan fingerprint density at radius 3 is 1.82 bits per heavy atom. The van der Waals surface area contributed by atoms with Gasteiger partial charge in [-0.05, 0) is 6.66 Å². The van der Waals surface area contributed by atoms with Crippen LogP contribution in [0.3, 0.4) is 0 Å². The van der Waals surface area contributed by atoms with E-state index in [2.05, 4.69) is 0 Å². The van der Waals surface area contributed by atoms with Gasteiger partial charge in [-0.25, -0.2) is 0 Å². The lowest BCUT2D eigenvalue weighted by Crippen LogP contribution is -2.27. The molecule has 64 valence electrons. The van der Waals surface area contributed by atoms with Crippen molar-refractivity contribution in [3.63, 3.8) is 0 Å². The van der Waals surface area contributed by atoms with Crippen LogP contribution in [0, 0.1) is 0 Å². The third-order valence-corrected chi connectivity index (χ3v) is 1.92. The minimum absolute atomic E-state index is 0.206. The molecular weight excluding hydrogens is 169 g/mol. The lowest BCUT2D eigenvalue weighted by Gasteiger charge is -2.13. The number of carboxylic acids is 2. The maximum absolute atomic E-state index is 10.1. The largest absolute Gasteiger partial charge is 0.480 e. The fourth-order valence-electron chi connectivity index (χ4n) is 0.541. The second-order valence-electron chi connectivity index (χ2n) is 1.87. The molecule has 2 N–H and O–H groups in total. The molecule has 0 spiro atoms. The Bertz CT molecular complexity index is 145. The van der Waals surface area contributed by atoms with E-state index in [9.17, 15) is 9.59 Å². The summed E-state index contributed by atoms with van der Waals surface area (Å²) in [5.74, 6) is -2.00. The summed E-state index contributed by atoms with van der Waals surface area (Å²) >= 11 is 0. The van der Waals surface area contributed by atoms with Crippen molar-refractivity contribution < 1.29 is 19.8 Å². The summed E-state index contributed by atoms with van der Waals surface area (Å²) < 4.78 is 1.35. The molecule has 0 heterocycles. The average Bonchev–Trinajstić information content (AvgIpc) is 1.84. The van der Waals surface area contributed by atoms with Gasteiger partial charge in [0.2, 0.25) is 0 Å². The maximum atomic E-state index is 10.1. The zero-order valence-corrected chi connectivity index (χ0v) is 7.07. The van der Waals surface area contributed by atoms with E-state index < -0.39 is 11.9 Å². The monoisotopic (exact) mass is 179 g/mol. The number of nitrogens with zero attached hydrogens (tertiary/aromatic N) is 1. The summed E-state index contributed by atoms with van der Waals surface area (Å²) in [6.07, 6.45) is 0. The van der Waals surface area contributed by atoms with E-state index in [-0.39, 0.29) is 21.8 Å². The molecule has 6 heteroatoms. The molecular formula is C5H10NO4P. The van der Waals surface area contributed by atoms with Crippen molar-refractivity contribution in [3.05, 3.63) is 0 Å². The van der Waals surface area contributed by atoms with Crippen molar-refractivity contribution in [2.45, 2.75) is 0 Å². The molecule has 1 atom stereocenters. The second-order valence-corrected chi connectivity index (χ2v) is 2.95. The molecule has 0 fully saturated rings. The van der Waals surface area contributed by atoms with E-state index in [0.29, 0.717) is 0 Å². The van der Waals surface area contributed by atoms with Crippen molar-refractivity contribution in [2.24, 2.45) is 0 Å². The van der Waals surface area contributed by atoms with Gasteiger partial charge >= 0.3 is 11.9 Å². The number of carbonyl (C=O) groups is 2. The van der Waals surface area contributed by atoms with E-state index in [1.807, 2.05) is 0 Å². The number of hydrogen-bond donors (Lipinski definition) is 2. The molecule has 0 saturated heterocycles. The van der Waals surface area contributed by atoms with Gasteiger partial charge in [0.05, 0.1) is 0 Å². The van der Waals surface area contributed by atoms with Gasteiger partial charge in [-0.1, -0.05) is 8.73 Å². The number of hydrogen-bond acceptors (Lipinski definition) is 3. The van der Waals surface area contributed by atoms with Gasteiger partial charge < -0.3 is 10.2 Å². The smallest absolute Gasteiger partial charge is 0.318 e. The van der Waals surface area contributed by atoms with E-state index in [1.54, 1.807) is 6.66 Å². The van der Waals surface area contributed by atoms with Gasteiger partial charge in [0.1, 0.15) is 13.1 Å². The molecule has 0 aliphatic carbocycles. The van der Waals surface area contributed by atoms with Crippen molar-refractivity contribution >= 4 is 20.7 Å². The molecule has 0 radical (unpaired) electrons. The highest BCUT2D eigenvalue weighted by Crippen LogP contribution is 2.10. The Kier molecular flexibility index (Phi) is 4.74. The molecule has 0 aliphatic heterocycles. The van der Waals surface area contributed by atoms with Crippen LogP contribution in [0.5, 0.6) is 0 Å². The van der Waals surface area contributed by atoms with Gasteiger partial charge in [0.15, 0.2) is 0 Å². The van der Waals surface area contributed by atoms with Crippen LogP contribution in [0.15, 0.2) is 0 Å². The van der Waals surface area contributed by atoms with E-state index in [1.165, 1.54) is 4.67 Å². The lowest BCUT2D eigenvalue weighted by molar-refractivity contribution is -0.139. The summed E-state index contributed by atoms with van der Waals surface area (Å²) in [6, 6.07) is 0. The molecule has 0 bridgehead atoms. The predicted molar refractivity (Wildman–Crippen MR) is 41.1 cm³/mol. The highest BCUT2D eigenvalue weighted by Gasteiger charge is 2.10. The highest BCUT2D eigenvalue weighted by molar-refractivity contribution is 7.34. The van der Waals surface area contributed by atoms with Gasteiger partial charge in [-0.15, -0.1) is 0 Å². The molecule has 0 aliphatic rings. The quantitative estimate of drug-likeness (QED) is 0.565. The normalized spacial score (nSPS) is 11.1. The Labute approximate surface area is 65.8 Å². The first-order valence-corrected chi connectivity index (χ1v) is 4.37. The molecule has 0 aromatic heterocycles. The lowest BCUT2D eigenvalue weighted by atomic mass is 10.6. The topological polar surface area (TPSA) is 77.8 Å². The Morgan fingerprint density at radius 1 is 1.27 bits per heavy atom. The molecule has 1 unspecified atom stereocenters. The average molecular weight is 179 g/mol. The van der Waals surface area contributed by atoms with Crippen molar-refractivity contribution in [2.75, 3.05) is 19.8 Å². The van der Waals surface area contributed by atoms with Gasteiger partial charge in [0.25, 0.3) is 0 Å². The minimum Gasteiger partial charge on any atom is -0.480 e. The number of aliphatic carboxylic acids is 2. The molecule has 11 heavy (non-hydrogen) atoms. The third-order valence-electron chi connectivity index (χ3n) is 0.968. The molecule has 0 saturated carbocycles. The standard InChI is InChI=1S/C5H10NO4P/c1-11-6(2-4(7)8)3-5(9)10/h11H,2-3H2,1H3,(H,7,8)(H,9,10). The fourth-order valence-corrected chi connectivity index (χ4v) is 1.13. The number of carboxylic acid groups (broad SMARTS) is 2. The van der Waals surface area contributed by atoms with Crippen LogP contribution in [0.1, 0.15) is 0 Å². The first-order chi connectivity index (χ1) is 5.06. The van der Waals surface area contributed by atoms with E-state index >= 15 is 0 Å². The Morgan fingerprint density at radius 2 is 1.64 bits per heavy atom. The Hall–Kier alpha value is -0.670. The first-order valence-electron chi connectivity index (χ1n) is 2.92. The predicted octanol–water partition coefficient (Wildman–Crippen LogP) is -0.319. The molecule has 5 nitrogen and oxygen atoms in total. The van der Waals surface area contributed by atoms with Crippen molar-refractivity contribution in [1.82, 2.24) is 4.67 Å². The summed E-state index contributed by atoms with van der Waals surface area (Å²) in [6.45, 7) is 1.33. The minimum atomic E-state index is -0.999. The summed E-state index contributed by atoms with van der Waals surface area (Å²) in [4.78, 5) is 20.2. The van der Waals surface area contributed by atoms with Crippen LogP contribution in [-0.2, 0) is 9.59 Å². The maximum Gasteiger partial charge on any atom is 0.318 e. The number of rotatable bonds is 5. The van der Waals surface area contributed by atoms with Crippen molar-refractivity contribution in [3.8, 4) is 0 Å². The van der Waals surface area contributed by atoms with Crippen LogP contribution < -0.4 is 0 Å². The van der Waals surface area contributed by atoms with Gasteiger partial charge in [0, 0.05) is 0 Å². The third kappa shape index (κ3) is 5.76. The van der Waals surface area contributed by atoms with Crippen molar-refractivity contribution in [1.29, 1.82) is 0 Å². The van der Waals surface area contributed by atoms with Gasteiger partial charge in [-0.2, -0.15) is 0 Å². The van der Waals surface area contributed by atoms with Crippen LogP contribution >= 0.6 is 8.73 Å². The SMILES string of the molecule is CPN(CC(=O)O)CC(=O)O. The molecule has 0 rings (SSSR count). The summed E-state index contributed by atoms with van der Waals surface area (Å²) in [5, 5.41) is 16.6. The van der Waals surface area contributed by atoms with Crippen LogP contribution in [-0.4, -0.2) is 46.6 Å². The Balaban J connectivity index is 3.76. The van der Waals surface area contributed by atoms with Crippen LogP contribution in [0.2, 0.25) is 0 Å². The summed E-state index contributed by atoms with van der Waals surface area (Å²) in [5.41, 5.74) is 0.